The predicted molar refractivity (Wildman–Crippen MR) is 140 cm³/mol. The van der Waals surface area contributed by atoms with E-state index in [-0.39, 0.29) is 7.43 Å². The predicted octanol–water partition coefficient (Wildman–Crippen LogP) is 6.64. The lowest BCUT2D eigenvalue weighted by Gasteiger charge is -2.36. The molecule has 0 radical (unpaired) electrons. The van der Waals surface area contributed by atoms with E-state index in [2.05, 4.69) is 76.4 Å². The number of hydrogen-bond donors (Lipinski definition) is 0. The van der Waals surface area contributed by atoms with E-state index in [1.165, 1.54) is 33.3 Å². The molecule has 2 aliphatic rings. The highest BCUT2D eigenvalue weighted by Crippen LogP contribution is 2.31. The Balaban J connectivity index is 0.00000245. The van der Waals surface area contributed by atoms with Crippen molar-refractivity contribution in [1.29, 1.82) is 0 Å². The van der Waals surface area contributed by atoms with Crippen LogP contribution in [0.3, 0.4) is 0 Å². The summed E-state index contributed by atoms with van der Waals surface area (Å²) >= 11 is 1.83. The average Bonchev–Trinajstić information content (AvgIpc) is 3.28. The maximum Gasteiger partial charge on any atom is 0.119 e. The van der Waals surface area contributed by atoms with Gasteiger partial charge < -0.3 is 9.64 Å². The van der Waals surface area contributed by atoms with E-state index in [9.17, 15) is 0 Å². The SMILES string of the molecule is C.C=C1C=Cc2ccc(OCCCCN3CCN(c4cccc5sccc45)CC3)cc2C1. The van der Waals surface area contributed by atoms with Crippen LogP contribution in [0.15, 0.2) is 66.1 Å². The van der Waals surface area contributed by atoms with Gasteiger partial charge in [-0.05, 0) is 72.6 Å². The molecule has 0 spiro atoms. The summed E-state index contributed by atoms with van der Waals surface area (Å²) in [7, 11) is 0. The monoisotopic (exact) mass is 446 g/mol. The molecule has 168 valence electrons. The molecule has 1 saturated heterocycles. The highest BCUT2D eigenvalue weighted by Gasteiger charge is 2.18. The summed E-state index contributed by atoms with van der Waals surface area (Å²) in [6.07, 6.45) is 7.45. The third kappa shape index (κ3) is 5.08. The molecular formula is C28H34N2OS. The molecule has 1 aliphatic heterocycles. The number of benzene rings is 2. The van der Waals surface area contributed by atoms with Gasteiger partial charge in [0.15, 0.2) is 0 Å². The van der Waals surface area contributed by atoms with Gasteiger partial charge in [-0.15, -0.1) is 11.3 Å². The van der Waals surface area contributed by atoms with E-state index < -0.39 is 0 Å². The Morgan fingerprint density at radius 1 is 0.969 bits per heavy atom. The van der Waals surface area contributed by atoms with Crippen LogP contribution in [0.2, 0.25) is 0 Å². The summed E-state index contributed by atoms with van der Waals surface area (Å²) in [5.74, 6) is 0.984. The molecule has 0 atom stereocenters. The van der Waals surface area contributed by atoms with Gasteiger partial charge in [0.25, 0.3) is 0 Å². The Labute approximate surface area is 196 Å². The van der Waals surface area contributed by atoms with Crippen LogP contribution < -0.4 is 9.64 Å². The van der Waals surface area contributed by atoms with Crippen LogP contribution in [-0.4, -0.2) is 44.2 Å². The number of ether oxygens (including phenoxy) is 1. The Morgan fingerprint density at radius 3 is 2.72 bits per heavy atom. The van der Waals surface area contributed by atoms with Crippen LogP contribution in [0.4, 0.5) is 5.69 Å². The maximum atomic E-state index is 6.03. The third-order valence-electron chi connectivity index (χ3n) is 6.35. The Bertz CT molecular complexity index is 1090. The van der Waals surface area contributed by atoms with Crippen LogP contribution in [-0.2, 0) is 6.42 Å². The van der Waals surface area contributed by atoms with Crippen molar-refractivity contribution in [3.8, 4) is 5.75 Å². The highest BCUT2D eigenvalue weighted by molar-refractivity contribution is 7.17. The summed E-state index contributed by atoms with van der Waals surface area (Å²) in [6, 6.07) is 15.4. The zero-order valence-corrected chi connectivity index (χ0v) is 18.9. The van der Waals surface area contributed by atoms with E-state index in [4.69, 9.17) is 4.74 Å². The van der Waals surface area contributed by atoms with E-state index in [1.54, 1.807) is 0 Å². The van der Waals surface area contributed by atoms with E-state index >= 15 is 0 Å². The number of nitrogens with zero attached hydrogens (tertiary/aromatic N) is 2. The van der Waals surface area contributed by atoms with Crippen molar-refractivity contribution in [3.05, 3.63) is 77.2 Å². The van der Waals surface area contributed by atoms with Crippen molar-refractivity contribution < 1.29 is 4.74 Å². The minimum atomic E-state index is 0. The van der Waals surface area contributed by atoms with Gasteiger partial charge in [-0.25, -0.2) is 0 Å². The van der Waals surface area contributed by atoms with Gasteiger partial charge in [-0.1, -0.05) is 43.9 Å². The number of piperazine rings is 1. The third-order valence-corrected chi connectivity index (χ3v) is 7.24. The Morgan fingerprint density at radius 2 is 1.84 bits per heavy atom. The Hall–Kier alpha value is -2.56. The lowest BCUT2D eigenvalue weighted by molar-refractivity contribution is 0.238. The molecule has 0 bridgehead atoms. The molecule has 1 fully saturated rings. The van der Waals surface area contributed by atoms with Crippen molar-refractivity contribution >= 4 is 33.2 Å². The first-order valence-corrected chi connectivity index (χ1v) is 12.2. The summed E-state index contributed by atoms with van der Waals surface area (Å²) in [5, 5.41) is 3.60. The number of fused-ring (bicyclic) bond motifs is 2. The fraction of sp³-hybridized carbons (Fsp3) is 0.357. The summed E-state index contributed by atoms with van der Waals surface area (Å²) in [5.41, 5.74) is 5.17. The smallest absolute Gasteiger partial charge is 0.119 e. The van der Waals surface area contributed by atoms with E-state index in [0.29, 0.717) is 0 Å². The zero-order chi connectivity index (χ0) is 21.0. The standard InChI is InChI=1S/C27H30N2OS.CH4/c1-21-7-8-22-9-10-24(20-23(22)19-21)30-17-3-2-12-28-13-15-29(16-14-28)26-5-4-6-27-25(26)11-18-31-27;/h4-11,18,20H,1-3,12-17,19H2;1H4. The summed E-state index contributed by atoms with van der Waals surface area (Å²) in [4.78, 5) is 5.15. The molecule has 2 aromatic carbocycles. The fourth-order valence-corrected chi connectivity index (χ4v) is 5.40. The second-order valence-electron chi connectivity index (χ2n) is 8.52. The molecule has 4 heteroatoms. The zero-order valence-electron chi connectivity index (χ0n) is 18.1. The van der Waals surface area contributed by atoms with Crippen LogP contribution >= 0.6 is 11.3 Å². The van der Waals surface area contributed by atoms with Crippen molar-refractivity contribution in [3.63, 3.8) is 0 Å². The van der Waals surface area contributed by atoms with Crippen LogP contribution in [0, 0.1) is 0 Å². The number of hydrogen-bond acceptors (Lipinski definition) is 4. The molecule has 0 unspecified atom stereocenters. The highest BCUT2D eigenvalue weighted by atomic mass is 32.1. The number of allylic oxidation sites excluding steroid dienone is 2. The second kappa shape index (κ2) is 10.4. The van der Waals surface area contributed by atoms with Crippen molar-refractivity contribution in [1.82, 2.24) is 4.90 Å². The lowest BCUT2D eigenvalue weighted by atomic mass is 9.94. The van der Waals surface area contributed by atoms with Gasteiger partial charge >= 0.3 is 0 Å². The number of anilines is 1. The average molecular weight is 447 g/mol. The second-order valence-corrected chi connectivity index (χ2v) is 9.47. The van der Waals surface area contributed by atoms with Gasteiger partial charge in [0.2, 0.25) is 0 Å². The molecule has 32 heavy (non-hydrogen) atoms. The molecule has 0 saturated carbocycles. The van der Waals surface area contributed by atoms with E-state index in [1.807, 2.05) is 11.3 Å². The molecule has 3 nitrogen and oxygen atoms in total. The summed E-state index contributed by atoms with van der Waals surface area (Å²) in [6.45, 7) is 10.5. The normalized spacial score (nSPS) is 16.1. The quantitative estimate of drug-likeness (QED) is 0.378. The molecule has 0 N–H and O–H groups in total. The topological polar surface area (TPSA) is 15.7 Å². The molecule has 2 heterocycles. The first-order valence-electron chi connectivity index (χ1n) is 11.3. The Kier molecular flexibility index (Phi) is 7.33. The molecular weight excluding hydrogens is 412 g/mol. The van der Waals surface area contributed by atoms with Gasteiger partial charge in [-0.2, -0.15) is 0 Å². The first kappa shape index (κ1) is 22.6. The van der Waals surface area contributed by atoms with Crippen LogP contribution in [0.25, 0.3) is 16.2 Å². The van der Waals surface area contributed by atoms with E-state index in [0.717, 1.165) is 63.5 Å². The molecule has 1 aromatic heterocycles. The first-order chi connectivity index (χ1) is 15.3. The maximum absolute atomic E-state index is 6.03. The fourth-order valence-electron chi connectivity index (χ4n) is 4.59. The van der Waals surface area contributed by atoms with Gasteiger partial charge in [-0.3, -0.25) is 4.90 Å². The molecule has 0 amide bonds. The van der Waals surface area contributed by atoms with Gasteiger partial charge in [0, 0.05) is 42.0 Å². The molecule has 1 aliphatic carbocycles. The lowest BCUT2D eigenvalue weighted by Crippen LogP contribution is -2.46. The number of rotatable bonds is 7. The van der Waals surface area contributed by atoms with Crippen LogP contribution in [0.1, 0.15) is 31.4 Å². The molecule has 5 rings (SSSR count). The largest absolute Gasteiger partial charge is 0.494 e. The molecule has 3 aromatic rings. The van der Waals surface area contributed by atoms with Gasteiger partial charge in [0.05, 0.1) is 6.61 Å². The minimum absolute atomic E-state index is 0. The summed E-state index contributed by atoms with van der Waals surface area (Å²) < 4.78 is 7.41. The van der Waals surface area contributed by atoms with Crippen LogP contribution in [0.5, 0.6) is 5.75 Å². The minimum Gasteiger partial charge on any atom is -0.494 e. The number of unbranched alkanes of at least 4 members (excludes halogenated alkanes) is 1. The number of thiophene rings is 1. The van der Waals surface area contributed by atoms with Crippen molar-refractivity contribution in [2.75, 3.05) is 44.2 Å². The van der Waals surface area contributed by atoms with Gasteiger partial charge in [0.1, 0.15) is 5.75 Å². The van der Waals surface area contributed by atoms with Crippen molar-refractivity contribution in [2.45, 2.75) is 26.7 Å². The van der Waals surface area contributed by atoms with Crippen molar-refractivity contribution in [2.24, 2.45) is 0 Å².